The smallest absolute Gasteiger partial charge is 0.253 e. The van der Waals surface area contributed by atoms with Crippen LogP contribution in [0.5, 0.6) is 0 Å². The molecule has 1 aromatic heterocycles. The lowest BCUT2D eigenvalue weighted by molar-refractivity contribution is 0.0955. The number of pyridine rings is 1. The third kappa shape index (κ3) is 3.17. The Morgan fingerprint density at radius 2 is 2.28 bits per heavy atom. The first kappa shape index (κ1) is 12.8. The molecule has 1 aromatic rings. The Hall–Kier alpha value is -1.68. The van der Waals surface area contributed by atoms with E-state index in [2.05, 4.69) is 21.7 Å². The molecular weight excluding hydrogens is 226 g/mol. The summed E-state index contributed by atoms with van der Waals surface area (Å²) < 4.78 is 0. The maximum absolute atomic E-state index is 12.0. The molecular formula is C14H19N3O. The summed E-state index contributed by atoms with van der Waals surface area (Å²) in [4.78, 5) is 16.3. The molecule has 0 saturated carbocycles. The van der Waals surface area contributed by atoms with Crippen LogP contribution in [0.4, 0.5) is 0 Å². The van der Waals surface area contributed by atoms with E-state index >= 15 is 0 Å². The van der Waals surface area contributed by atoms with Gasteiger partial charge in [-0.05, 0) is 38.9 Å². The second-order valence-corrected chi connectivity index (χ2v) is 4.58. The van der Waals surface area contributed by atoms with Crippen LogP contribution in [0.3, 0.4) is 0 Å². The molecule has 0 spiro atoms. The highest BCUT2D eigenvalue weighted by Crippen LogP contribution is 2.07. The van der Waals surface area contributed by atoms with Crippen molar-refractivity contribution >= 4 is 5.91 Å². The topological polar surface area (TPSA) is 54.0 Å². The summed E-state index contributed by atoms with van der Waals surface area (Å²) >= 11 is 0. The van der Waals surface area contributed by atoms with Crippen LogP contribution in [-0.2, 0) is 0 Å². The minimum Gasteiger partial charge on any atom is -0.348 e. The van der Waals surface area contributed by atoms with Gasteiger partial charge in [-0.2, -0.15) is 0 Å². The van der Waals surface area contributed by atoms with E-state index in [-0.39, 0.29) is 5.91 Å². The van der Waals surface area contributed by atoms with Gasteiger partial charge in [-0.3, -0.25) is 9.78 Å². The number of carbonyl (C=O) groups excluding carboxylic acids is 1. The molecule has 4 heteroatoms. The highest BCUT2D eigenvalue weighted by Gasteiger charge is 2.10. The van der Waals surface area contributed by atoms with Gasteiger partial charge in [-0.25, -0.2) is 0 Å². The van der Waals surface area contributed by atoms with Gasteiger partial charge in [-0.15, -0.1) is 0 Å². The highest BCUT2D eigenvalue weighted by molar-refractivity contribution is 5.95. The molecule has 96 valence electrons. The normalized spacial score (nSPS) is 15.1. The Labute approximate surface area is 108 Å². The highest BCUT2D eigenvalue weighted by atomic mass is 16.1. The van der Waals surface area contributed by atoms with Gasteiger partial charge in [0.25, 0.3) is 5.91 Å². The van der Waals surface area contributed by atoms with Crippen LogP contribution in [0.2, 0.25) is 0 Å². The first-order valence-corrected chi connectivity index (χ1v) is 6.28. The van der Waals surface area contributed by atoms with Gasteiger partial charge in [0.1, 0.15) is 0 Å². The molecule has 2 rings (SSSR count). The molecule has 0 saturated heterocycles. The lowest BCUT2D eigenvalue weighted by Gasteiger charge is -2.15. The van der Waals surface area contributed by atoms with Gasteiger partial charge in [0.05, 0.1) is 11.3 Å². The first-order chi connectivity index (χ1) is 8.66. The van der Waals surface area contributed by atoms with Crippen molar-refractivity contribution in [1.29, 1.82) is 0 Å². The average molecular weight is 245 g/mol. The summed E-state index contributed by atoms with van der Waals surface area (Å²) in [6.45, 7) is 6.32. The van der Waals surface area contributed by atoms with Crippen molar-refractivity contribution in [1.82, 2.24) is 15.6 Å². The van der Waals surface area contributed by atoms with Gasteiger partial charge in [0.15, 0.2) is 0 Å². The van der Waals surface area contributed by atoms with E-state index in [1.807, 2.05) is 26.0 Å². The van der Waals surface area contributed by atoms with E-state index in [1.54, 1.807) is 0 Å². The van der Waals surface area contributed by atoms with Gasteiger partial charge in [0, 0.05) is 18.8 Å². The SMILES string of the molecule is Cc1ccc(C(=O)NCC2=CCNCC2)c(C)n1. The molecule has 0 aromatic carbocycles. The fraction of sp³-hybridized carbons (Fsp3) is 0.429. The van der Waals surface area contributed by atoms with Crippen LogP contribution in [0.1, 0.15) is 28.2 Å². The predicted octanol–water partition coefficient (Wildman–Crippen LogP) is 1.35. The molecule has 0 radical (unpaired) electrons. The summed E-state index contributed by atoms with van der Waals surface area (Å²) in [6, 6.07) is 3.70. The average Bonchev–Trinajstić information content (AvgIpc) is 2.37. The fourth-order valence-electron chi connectivity index (χ4n) is 2.05. The standard InChI is InChI=1S/C14H19N3O/c1-10-3-4-13(11(2)17-10)14(18)16-9-12-5-7-15-8-6-12/h3-5,15H,6-9H2,1-2H3,(H,16,18). The number of nitrogens with one attached hydrogen (secondary N) is 2. The number of rotatable bonds is 3. The molecule has 1 aliphatic rings. The number of aromatic nitrogens is 1. The van der Waals surface area contributed by atoms with Crippen molar-refractivity contribution < 1.29 is 4.79 Å². The van der Waals surface area contributed by atoms with E-state index in [9.17, 15) is 4.79 Å². The Bertz CT molecular complexity index is 480. The molecule has 4 nitrogen and oxygen atoms in total. The Morgan fingerprint density at radius 1 is 1.44 bits per heavy atom. The van der Waals surface area contributed by atoms with Crippen molar-refractivity contribution in [2.75, 3.05) is 19.6 Å². The van der Waals surface area contributed by atoms with Crippen molar-refractivity contribution in [3.05, 3.63) is 40.7 Å². The van der Waals surface area contributed by atoms with E-state index in [1.165, 1.54) is 5.57 Å². The number of nitrogens with zero attached hydrogens (tertiary/aromatic N) is 1. The zero-order valence-electron chi connectivity index (χ0n) is 10.9. The van der Waals surface area contributed by atoms with E-state index in [0.717, 1.165) is 30.9 Å². The minimum absolute atomic E-state index is 0.0422. The fourth-order valence-corrected chi connectivity index (χ4v) is 2.05. The molecule has 0 aliphatic carbocycles. The van der Waals surface area contributed by atoms with Crippen LogP contribution < -0.4 is 10.6 Å². The number of hydrogen-bond donors (Lipinski definition) is 2. The maximum Gasteiger partial charge on any atom is 0.253 e. The molecule has 18 heavy (non-hydrogen) atoms. The Balaban J connectivity index is 1.97. The van der Waals surface area contributed by atoms with Gasteiger partial charge in [-0.1, -0.05) is 11.6 Å². The second kappa shape index (κ2) is 5.78. The molecule has 0 bridgehead atoms. The van der Waals surface area contributed by atoms with Crippen molar-refractivity contribution in [2.24, 2.45) is 0 Å². The van der Waals surface area contributed by atoms with Crippen LogP contribution in [-0.4, -0.2) is 30.5 Å². The zero-order chi connectivity index (χ0) is 13.0. The zero-order valence-corrected chi connectivity index (χ0v) is 10.9. The van der Waals surface area contributed by atoms with Crippen molar-refractivity contribution in [3.8, 4) is 0 Å². The summed E-state index contributed by atoms with van der Waals surface area (Å²) in [5.41, 5.74) is 3.67. The van der Waals surface area contributed by atoms with Crippen LogP contribution in [0.15, 0.2) is 23.8 Å². The molecule has 0 unspecified atom stereocenters. The number of carbonyl (C=O) groups is 1. The number of hydrogen-bond acceptors (Lipinski definition) is 3. The lowest BCUT2D eigenvalue weighted by Crippen LogP contribution is -2.30. The quantitative estimate of drug-likeness (QED) is 0.790. The van der Waals surface area contributed by atoms with Gasteiger partial charge >= 0.3 is 0 Å². The Kier molecular flexibility index (Phi) is 4.10. The molecule has 2 heterocycles. The van der Waals surface area contributed by atoms with E-state index in [0.29, 0.717) is 12.1 Å². The maximum atomic E-state index is 12.0. The van der Waals surface area contributed by atoms with E-state index in [4.69, 9.17) is 0 Å². The minimum atomic E-state index is -0.0422. The second-order valence-electron chi connectivity index (χ2n) is 4.58. The predicted molar refractivity (Wildman–Crippen MR) is 71.6 cm³/mol. The molecule has 1 aliphatic heterocycles. The summed E-state index contributed by atoms with van der Waals surface area (Å²) in [5, 5.41) is 6.20. The monoisotopic (exact) mass is 245 g/mol. The third-order valence-corrected chi connectivity index (χ3v) is 3.10. The summed E-state index contributed by atoms with van der Waals surface area (Å²) in [6.07, 6.45) is 3.15. The summed E-state index contributed by atoms with van der Waals surface area (Å²) in [7, 11) is 0. The van der Waals surface area contributed by atoms with Crippen molar-refractivity contribution in [2.45, 2.75) is 20.3 Å². The number of aryl methyl sites for hydroxylation is 2. The number of amides is 1. The van der Waals surface area contributed by atoms with Gasteiger partial charge < -0.3 is 10.6 Å². The van der Waals surface area contributed by atoms with Crippen molar-refractivity contribution in [3.63, 3.8) is 0 Å². The van der Waals surface area contributed by atoms with Crippen LogP contribution in [0, 0.1) is 13.8 Å². The van der Waals surface area contributed by atoms with E-state index < -0.39 is 0 Å². The molecule has 1 amide bonds. The van der Waals surface area contributed by atoms with Gasteiger partial charge in [0.2, 0.25) is 0 Å². The third-order valence-electron chi connectivity index (χ3n) is 3.10. The molecule has 0 atom stereocenters. The van der Waals surface area contributed by atoms with Crippen LogP contribution in [0.25, 0.3) is 0 Å². The lowest BCUT2D eigenvalue weighted by atomic mass is 10.1. The summed E-state index contributed by atoms with van der Waals surface area (Å²) in [5.74, 6) is -0.0422. The molecule has 2 N–H and O–H groups in total. The molecule has 0 fully saturated rings. The largest absolute Gasteiger partial charge is 0.348 e. The first-order valence-electron chi connectivity index (χ1n) is 6.28. The van der Waals surface area contributed by atoms with Crippen LogP contribution >= 0.6 is 0 Å². The Morgan fingerprint density at radius 3 is 2.94 bits per heavy atom.